The van der Waals surface area contributed by atoms with Gasteiger partial charge in [-0.15, -0.1) is 0 Å². The second kappa shape index (κ2) is 6.57. The van der Waals surface area contributed by atoms with E-state index in [2.05, 4.69) is 26.9 Å². The zero-order valence-corrected chi connectivity index (χ0v) is 17.5. The summed E-state index contributed by atoms with van der Waals surface area (Å²) in [7, 11) is -1.19. The number of hydrazine groups is 1. The molecule has 0 amide bonds. The van der Waals surface area contributed by atoms with Crippen LogP contribution in [-0.2, 0) is 22.4 Å². The molecule has 1 aliphatic heterocycles. The number of hydrogen-bond acceptors (Lipinski definition) is 6. The van der Waals surface area contributed by atoms with Gasteiger partial charge in [0.05, 0.1) is 11.5 Å². The molecule has 1 aliphatic carbocycles. The Morgan fingerprint density at radius 3 is 2.63 bits per heavy atom. The van der Waals surface area contributed by atoms with Gasteiger partial charge in [0.15, 0.2) is 11.6 Å². The number of alkyl halides is 3. The zero-order chi connectivity index (χ0) is 21.9. The Labute approximate surface area is 172 Å². The van der Waals surface area contributed by atoms with Crippen molar-refractivity contribution < 1.29 is 17.4 Å². The summed E-state index contributed by atoms with van der Waals surface area (Å²) in [5.74, 6) is 1.02. The van der Waals surface area contributed by atoms with E-state index in [9.17, 15) is 22.6 Å². The monoisotopic (exact) mass is 438 g/mol. The normalized spacial score (nSPS) is 17.8. The van der Waals surface area contributed by atoms with Crippen molar-refractivity contribution in [2.45, 2.75) is 36.3 Å². The average molecular weight is 438 g/mol. The number of nitrogens with one attached hydrogen (secondary N) is 2. The van der Waals surface area contributed by atoms with E-state index < -0.39 is 27.2 Å². The van der Waals surface area contributed by atoms with Crippen LogP contribution in [0.25, 0.3) is 17.6 Å². The predicted octanol–water partition coefficient (Wildman–Crippen LogP) is 2.90. The number of nitrogens with zero attached hydrogens (tertiary/aromatic N) is 4. The van der Waals surface area contributed by atoms with Crippen LogP contribution in [0.1, 0.15) is 31.0 Å². The largest absolute Gasteiger partial charge is 0.432 e. The topological polar surface area (TPSA) is 95.6 Å². The quantitative estimate of drug-likeness (QED) is 0.636. The highest BCUT2D eigenvalue weighted by Crippen LogP contribution is 2.48. The van der Waals surface area contributed by atoms with Gasteiger partial charge in [-0.2, -0.15) is 18.4 Å². The number of nitriles is 1. The van der Waals surface area contributed by atoms with Crippen LogP contribution in [0.5, 0.6) is 0 Å². The summed E-state index contributed by atoms with van der Waals surface area (Å²) in [5.41, 5.74) is 4.29. The molecule has 0 unspecified atom stereocenters. The van der Waals surface area contributed by atoms with Crippen molar-refractivity contribution in [3.05, 3.63) is 29.2 Å². The van der Waals surface area contributed by atoms with Crippen LogP contribution in [-0.4, -0.2) is 36.9 Å². The van der Waals surface area contributed by atoms with Crippen molar-refractivity contribution in [3.63, 3.8) is 0 Å². The number of thiol groups is 1. The molecule has 30 heavy (non-hydrogen) atoms. The summed E-state index contributed by atoms with van der Waals surface area (Å²) in [4.78, 5) is 9.34. The molecule has 0 aromatic carbocycles. The first-order valence-corrected chi connectivity index (χ1v) is 11.7. The minimum atomic E-state index is -4.55. The molecule has 3 heterocycles. The second-order valence-corrected chi connectivity index (χ2v) is 11.1. The number of hydrogen-bond donors (Lipinski definition) is 3. The first kappa shape index (κ1) is 20.4. The molecule has 2 aromatic rings. The Balaban J connectivity index is 1.88. The number of allylic oxidation sites excluding steroid dienone is 1. The van der Waals surface area contributed by atoms with E-state index in [4.69, 9.17) is 0 Å². The van der Waals surface area contributed by atoms with Crippen LogP contribution in [0, 0.1) is 11.3 Å². The second-order valence-electron chi connectivity index (χ2n) is 7.74. The fraction of sp³-hybridized carbons (Fsp3) is 0.421. The van der Waals surface area contributed by atoms with Crippen molar-refractivity contribution in [2.75, 3.05) is 17.4 Å². The smallest absolute Gasteiger partial charge is 0.311 e. The lowest BCUT2D eigenvalue weighted by atomic mass is 9.99. The molecule has 160 valence electrons. The summed E-state index contributed by atoms with van der Waals surface area (Å²) < 4.78 is 54.1. The molecule has 2 aliphatic rings. The van der Waals surface area contributed by atoms with E-state index in [1.165, 1.54) is 0 Å². The van der Waals surface area contributed by atoms with Crippen LogP contribution in [0.15, 0.2) is 22.9 Å². The Morgan fingerprint density at radius 2 is 2.07 bits per heavy atom. The van der Waals surface area contributed by atoms with Gasteiger partial charge in [-0.3, -0.25) is 20.0 Å². The van der Waals surface area contributed by atoms with Gasteiger partial charge in [-0.05, 0) is 36.8 Å². The molecule has 4 rings (SSSR count). The lowest BCUT2D eigenvalue weighted by Gasteiger charge is -2.22. The van der Waals surface area contributed by atoms with Gasteiger partial charge in [0.25, 0.3) is 0 Å². The molecule has 0 radical (unpaired) electrons. The predicted molar refractivity (Wildman–Crippen MR) is 108 cm³/mol. The van der Waals surface area contributed by atoms with Crippen LogP contribution < -0.4 is 10.9 Å². The van der Waals surface area contributed by atoms with E-state index in [0.717, 1.165) is 24.5 Å². The SMILES string of the molecule is CC[SH](C)(=O)c1cc(C2(C#N)CC2)cnc1-c1nc2c(n1C)NNC(C(F)(F)F)=C2. The van der Waals surface area contributed by atoms with Crippen LogP contribution in [0.2, 0.25) is 0 Å². The number of halogens is 3. The highest BCUT2D eigenvalue weighted by Gasteiger charge is 2.46. The molecule has 0 saturated heterocycles. The van der Waals surface area contributed by atoms with E-state index in [0.29, 0.717) is 28.0 Å². The Bertz CT molecular complexity index is 1160. The number of imidazole rings is 1. The number of pyridine rings is 1. The van der Waals surface area contributed by atoms with Crippen LogP contribution >= 0.6 is 0 Å². The minimum Gasteiger partial charge on any atom is -0.311 e. The van der Waals surface area contributed by atoms with Crippen molar-refractivity contribution in [3.8, 4) is 17.6 Å². The van der Waals surface area contributed by atoms with Crippen molar-refractivity contribution in [2.24, 2.45) is 7.05 Å². The highest BCUT2D eigenvalue weighted by molar-refractivity contribution is 8.02. The summed E-state index contributed by atoms with van der Waals surface area (Å²) in [6.07, 6.45) is 1.05. The van der Waals surface area contributed by atoms with Gasteiger partial charge in [-0.25, -0.2) is 4.98 Å². The molecule has 1 saturated carbocycles. The Kier molecular flexibility index (Phi) is 4.47. The number of anilines is 1. The lowest BCUT2D eigenvalue weighted by Crippen LogP contribution is -2.33. The summed E-state index contributed by atoms with van der Waals surface area (Å²) in [6.45, 7) is 1.81. The lowest BCUT2D eigenvalue weighted by molar-refractivity contribution is -0.0951. The maximum atomic E-state index is 13.4. The fourth-order valence-corrected chi connectivity index (χ4v) is 4.80. The molecule has 1 fully saturated rings. The molecule has 0 bridgehead atoms. The van der Waals surface area contributed by atoms with Crippen molar-refractivity contribution in [1.82, 2.24) is 20.0 Å². The number of fused-ring (bicyclic) bond motifs is 1. The first-order chi connectivity index (χ1) is 14.0. The van der Waals surface area contributed by atoms with Crippen LogP contribution in [0.3, 0.4) is 0 Å². The summed E-state index contributed by atoms with van der Waals surface area (Å²) >= 11 is 0. The van der Waals surface area contributed by atoms with Gasteiger partial charge in [0.2, 0.25) is 0 Å². The molecule has 0 atom stereocenters. The molecular formula is C19H21F3N6OS. The maximum absolute atomic E-state index is 13.4. The van der Waals surface area contributed by atoms with Gasteiger partial charge >= 0.3 is 6.18 Å². The molecule has 0 spiro atoms. The Morgan fingerprint density at radius 1 is 1.37 bits per heavy atom. The standard InChI is InChI=1S/C19H21F3N6OS/c1-4-30(3,29)13-7-11(18(10-23)5-6-18)9-24-15(13)17-25-12-8-14(19(20,21)22)26-27-16(12)28(17)2/h7-9,26-27,30H,4-6H2,1-3H3. The number of aromatic nitrogens is 3. The summed E-state index contributed by atoms with van der Waals surface area (Å²) in [5, 5.41) is 9.52. The van der Waals surface area contributed by atoms with Gasteiger partial charge in [-0.1, -0.05) is 16.9 Å². The molecule has 2 aromatic heterocycles. The summed E-state index contributed by atoms with van der Waals surface area (Å²) in [6, 6.07) is 4.07. The average Bonchev–Trinajstić information content (AvgIpc) is 3.45. The minimum absolute atomic E-state index is 0.105. The third-order valence-electron chi connectivity index (χ3n) is 5.73. The Hall–Kier alpha value is -2.87. The number of rotatable bonds is 4. The highest BCUT2D eigenvalue weighted by atomic mass is 32.2. The van der Waals surface area contributed by atoms with Crippen LogP contribution in [0.4, 0.5) is 19.0 Å². The molecule has 11 heteroatoms. The molecular weight excluding hydrogens is 417 g/mol. The van der Waals surface area contributed by atoms with Crippen molar-refractivity contribution >= 4 is 21.8 Å². The fourth-order valence-electron chi connectivity index (χ4n) is 3.44. The van der Waals surface area contributed by atoms with E-state index in [1.807, 2.05) is 6.92 Å². The van der Waals surface area contributed by atoms with E-state index in [-0.39, 0.29) is 5.69 Å². The van der Waals surface area contributed by atoms with Gasteiger partial charge < -0.3 is 4.57 Å². The molecule has 2 N–H and O–H groups in total. The maximum Gasteiger partial charge on any atom is 0.432 e. The third kappa shape index (κ3) is 3.15. The van der Waals surface area contributed by atoms with Gasteiger partial charge in [0, 0.05) is 23.9 Å². The zero-order valence-electron chi connectivity index (χ0n) is 16.6. The van der Waals surface area contributed by atoms with E-state index >= 15 is 0 Å². The third-order valence-corrected chi connectivity index (χ3v) is 8.30. The van der Waals surface area contributed by atoms with Crippen molar-refractivity contribution in [1.29, 1.82) is 5.26 Å². The van der Waals surface area contributed by atoms with E-state index in [1.54, 1.807) is 30.1 Å². The molecule has 7 nitrogen and oxygen atoms in total. The first-order valence-electron chi connectivity index (χ1n) is 9.39. The van der Waals surface area contributed by atoms with Gasteiger partial charge in [0.1, 0.15) is 17.1 Å².